The number of hydrogen-bond donors (Lipinski definition) is 3. The first-order valence-corrected chi connectivity index (χ1v) is 7.42. The van der Waals surface area contributed by atoms with Crippen LogP contribution in [0.1, 0.15) is 74.9 Å². The van der Waals surface area contributed by atoms with Crippen molar-refractivity contribution in [3.05, 3.63) is 33.4 Å². The molecule has 0 atom stereocenters. The first kappa shape index (κ1) is 18.1. The summed E-state index contributed by atoms with van der Waals surface area (Å²) in [6, 6.07) is 0. The van der Waals surface area contributed by atoms with Gasteiger partial charge < -0.3 is 15.3 Å². The lowest BCUT2D eigenvalue weighted by Gasteiger charge is -2.36. The van der Waals surface area contributed by atoms with Crippen LogP contribution in [0.4, 0.5) is 0 Å². The fraction of sp³-hybridized carbons (Fsp3) is 0.667. The van der Waals surface area contributed by atoms with Crippen molar-refractivity contribution in [3.8, 4) is 0 Å². The van der Waals surface area contributed by atoms with Crippen LogP contribution >= 0.6 is 0 Å². The van der Waals surface area contributed by atoms with Crippen LogP contribution < -0.4 is 0 Å². The SMILES string of the molecule is Cc1c(C)c(C(C)(C)O)c(C(C)(C)O)c(C)c1C(C)(C)O. The van der Waals surface area contributed by atoms with Crippen molar-refractivity contribution >= 4 is 0 Å². The van der Waals surface area contributed by atoms with Crippen LogP contribution in [0.5, 0.6) is 0 Å². The minimum absolute atomic E-state index is 0.704. The first-order chi connectivity index (χ1) is 9.10. The second-order valence-corrected chi connectivity index (χ2v) is 7.68. The van der Waals surface area contributed by atoms with E-state index in [0.717, 1.165) is 27.8 Å². The maximum atomic E-state index is 10.6. The van der Waals surface area contributed by atoms with Crippen LogP contribution in [0.15, 0.2) is 0 Å². The van der Waals surface area contributed by atoms with Gasteiger partial charge in [0.15, 0.2) is 0 Å². The average Bonchev–Trinajstić information content (AvgIpc) is 2.17. The summed E-state index contributed by atoms with van der Waals surface area (Å²) in [6.45, 7) is 16.2. The summed E-state index contributed by atoms with van der Waals surface area (Å²) in [5.74, 6) is 0. The highest BCUT2D eigenvalue weighted by Gasteiger charge is 2.36. The first-order valence-electron chi connectivity index (χ1n) is 7.42. The van der Waals surface area contributed by atoms with Gasteiger partial charge in [0, 0.05) is 0 Å². The van der Waals surface area contributed by atoms with E-state index in [1.54, 1.807) is 41.5 Å². The van der Waals surface area contributed by atoms with Gasteiger partial charge in [-0.1, -0.05) is 0 Å². The van der Waals surface area contributed by atoms with E-state index in [9.17, 15) is 15.3 Å². The predicted octanol–water partition coefficient (Wildman–Crippen LogP) is 3.29. The molecular formula is C18H30O3. The Morgan fingerprint density at radius 1 is 0.476 bits per heavy atom. The van der Waals surface area contributed by atoms with Gasteiger partial charge in [0.2, 0.25) is 0 Å². The van der Waals surface area contributed by atoms with Crippen LogP contribution in [-0.2, 0) is 16.8 Å². The van der Waals surface area contributed by atoms with Crippen molar-refractivity contribution in [2.24, 2.45) is 0 Å². The van der Waals surface area contributed by atoms with E-state index in [4.69, 9.17) is 0 Å². The summed E-state index contributed by atoms with van der Waals surface area (Å²) < 4.78 is 0. The molecule has 0 fully saturated rings. The smallest absolute Gasteiger partial charge is 0.0847 e. The monoisotopic (exact) mass is 294 g/mol. The Morgan fingerprint density at radius 2 is 0.714 bits per heavy atom. The minimum atomic E-state index is -1.10. The Morgan fingerprint density at radius 3 is 1.00 bits per heavy atom. The molecule has 1 aromatic carbocycles. The van der Waals surface area contributed by atoms with Crippen LogP contribution in [0.3, 0.4) is 0 Å². The van der Waals surface area contributed by atoms with E-state index < -0.39 is 16.8 Å². The molecule has 0 saturated heterocycles. The van der Waals surface area contributed by atoms with Crippen molar-refractivity contribution < 1.29 is 15.3 Å². The highest BCUT2D eigenvalue weighted by molar-refractivity contribution is 5.56. The minimum Gasteiger partial charge on any atom is -0.386 e. The zero-order valence-electron chi connectivity index (χ0n) is 14.8. The third kappa shape index (κ3) is 3.31. The lowest BCUT2D eigenvalue weighted by Crippen LogP contribution is -2.32. The molecule has 0 bridgehead atoms. The predicted molar refractivity (Wildman–Crippen MR) is 86.4 cm³/mol. The molecule has 1 aromatic rings. The van der Waals surface area contributed by atoms with E-state index in [0.29, 0.717) is 5.56 Å². The molecule has 0 aliphatic rings. The highest BCUT2D eigenvalue weighted by atomic mass is 16.3. The molecule has 21 heavy (non-hydrogen) atoms. The largest absolute Gasteiger partial charge is 0.386 e. The van der Waals surface area contributed by atoms with Gasteiger partial charge in [-0.05, 0) is 95.7 Å². The van der Waals surface area contributed by atoms with E-state index in [-0.39, 0.29) is 0 Å². The Hall–Kier alpha value is -0.900. The van der Waals surface area contributed by atoms with Crippen LogP contribution in [-0.4, -0.2) is 15.3 Å². The normalized spacial score (nSPS) is 13.7. The summed E-state index contributed by atoms with van der Waals surface area (Å²) in [5.41, 5.74) is 1.84. The summed E-state index contributed by atoms with van der Waals surface area (Å²) in [7, 11) is 0. The maximum absolute atomic E-state index is 10.6. The van der Waals surface area contributed by atoms with Crippen molar-refractivity contribution in [1.29, 1.82) is 0 Å². The highest BCUT2D eigenvalue weighted by Crippen LogP contribution is 2.42. The van der Waals surface area contributed by atoms with Crippen molar-refractivity contribution in [2.45, 2.75) is 79.1 Å². The molecule has 120 valence electrons. The van der Waals surface area contributed by atoms with Crippen molar-refractivity contribution in [3.63, 3.8) is 0 Å². The Balaban J connectivity index is 4.05. The zero-order chi connectivity index (χ0) is 17.0. The van der Waals surface area contributed by atoms with E-state index >= 15 is 0 Å². The van der Waals surface area contributed by atoms with Gasteiger partial charge in [0.05, 0.1) is 16.8 Å². The van der Waals surface area contributed by atoms with Crippen LogP contribution in [0.2, 0.25) is 0 Å². The number of rotatable bonds is 3. The molecule has 3 N–H and O–H groups in total. The lowest BCUT2D eigenvalue weighted by atomic mass is 9.74. The molecule has 0 unspecified atom stereocenters. The molecule has 0 spiro atoms. The fourth-order valence-corrected chi connectivity index (χ4v) is 3.60. The maximum Gasteiger partial charge on any atom is 0.0847 e. The lowest BCUT2D eigenvalue weighted by molar-refractivity contribution is 0.0487. The molecule has 0 saturated carbocycles. The topological polar surface area (TPSA) is 60.7 Å². The second-order valence-electron chi connectivity index (χ2n) is 7.68. The van der Waals surface area contributed by atoms with E-state index in [1.807, 2.05) is 20.8 Å². The standard InChI is InChI=1S/C18H30O3/c1-10-11(2)14(17(6,7)20)15(18(8,9)21)12(3)13(10)16(4,5)19/h19-21H,1-9H3. The number of aliphatic hydroxyl groups is 3. The fourth-order valence-electron chi connectivity index (χ4n) is 3.60. The third-order valence-corrected chi connectivity index (χ3v) is 4.15. The van der Waals surface area contributed by atoms with Crippen molar-refractivity contribution in [2.75, 3.05) is 0 Å². The van der Waals surface area contributed by atoms with Gasteiger partial charge in [0.25, 0.3) is 0 Å². The van der Waals surface area contributed by atoms with Gasteiger partial charge in [-0.3, -0.25) is 0 Å². The molecule has 0 radical (unpaired) electrons. The summed E-state index contributed by atoms with van der Waals surface area (Å²) in [5, 5.41) is 31.7. The van der Waals surface area contributed by atoms with Gasteiger partial charge in [-0.15, -0.1) is 0 Å². The summed E-state index contributed by atoms with van der Waals surface area (Å²) >= 11 is 0. The number of hydrogen-bond acceptors (Lipinski definition) is 3. The van der Waals surface area contributed by atoms with Gasteiger partial charge in [0.1, 0.15) is 0 Å². The molecule has 3 heteroatoms. The van der Waals surface area contributed by atoms with Crippen LogP contribution in [0.25, 0.3) is 0 Å². The van der Waals surface area contributed by atoms with Gasteiger partial charge in [-0.25, -0.2) is 0 Å². The Labute approximate surface area is 128 Å². The second kappa shape index (κ2) is 5.08. The molecule has 3 nitrogen and oxygen atoms in total. The van der Waals surface area contributed by atoms with Crippen LogP contribution in [0, 0.1) is 20.8 Å². The van der Waals surface area contributed by atoms with Crippen molar-refractivity contribution in [1.82, 2.24) is 0 Å². The number of benzene rings is 1. The Bertz CT molecular complexity index is 550. The van der Waals surface area contributed by atoms with Gasteiger partial charge in [-0.2, -0.15) is 0 Å². The molecule has 1 rings (SSSR count). The molecule has 0 aliphatic heterocycles. The Kier molecular flexibility index (Phi) is 4.39. The van der Waals surface area contributed by atoms with E-state index in [2.05, 4.69) is 0 Å². The quantitative estimate of drug-likeness (QED) is 0.801. The molecule has 0 heterocycles. The zero-order valence-corrected chi connectivity index (χ0v) is 14.8. The molecular weight excluding hydrogens is 264 g/mol. The summed E-state index contributed by atoms with van der Waals surface area (Å²) in [4.78, 5) is 0. The van der Waals surface area contributed by atoms with E-state index in [1.165, 1.54) is 0 Å². The van der Waals surface area contributed by atoms with Gasteiger partial charge >= 0.3 is 0 Å². The summed E-state index contributed by atoms with van der Waals surface area (Å²) in [6.07, 6.45) is 0. The molecule has 0 aromatic heterocycles. The average molecular weight is 294 g/mol. The molecule has 0 aliphatic carbocycles. The molecule has 0 amide bonds. The third-order valence-electron chi connectivity index (χ3n) is 4.15.